The molecule has 2 rings (SSSR count). The maximum atomic E-state index is 12.8. The first-order chi connectivity index (χ1) is 7.97. The highest BCUT2D eigenvalue weighted by Crippen LogP contribution is 2.34. The quantitative estimate of drug-likeness (QED) is 0.769. The lowest BCUT2D eigenvalue weighted by Gasteiger charge is -2.11. The van der Waals surface area contributed by atoms with Gasteiger partial charge in [0, 0.05) is 5.69 Å². The number of nitrogens with two attached hydrogens (primary N) is 1. The van der Waals surface area contributed by atoms with Crippen LogP contribution in [0.3, 0.4) is 0 Å². The third-order valence-corrected chi connectivity index (χ3v) is 2.60. The van der Waals surface area contributed by atoms with E-state index < -0.39 is 11.7 Å². The zero-order chi connectivity index (χ0) is 12.5. The van der Waals surface area contributed by atoms with Gasteiger partial charge in [0.2, 0.25) is 0 Å². The number of rotatable bonds is 1. The van der Waals surface area contributed by atoms with Crippen molar-refractivity contribution in [2.24, 2.45) is 0 Å². The second kappa shape index (κ2) is 4.41. The summed E-state index contributed by atoms with van der Waals surface area (Å²) in [6.45, 7) is 0.960. The van der Waals surface area contributed by atoms with Crippen molar-refractivity contribution in [3.63, 3.8) is 0 Å². The highest BCUT2D eigenvalue weighted by atomic mass is 19.4. The lowest BCUT2D eigenvalue weighted by Crippen LogP contribution is -2.08. The molecule has 1 aliphatic rings. The predicted octanol–water partition coefficient (Wildman–Crippen LogP) is 3.09. The van der Waals surface area contributed by atoms with Gasteiger partial charge in [0.05, 0.1) is 18.8 Å². The van der Waals surface area contributed by atoms with Crippen molar-refractivity contribution in [2.75, 3.05) is 18.9 Å². The molecule has 1 fully saturated rings. The number of ether oxygens (including phenoxy) is 1. The summed E-state index contributed by atoms with van der Waals surface area (Å²) in [4.78, 5) is 0. The fourth-order valence-electron chi connectivity index (χ4n) is 1.77. The molecule has 1 aromatic carbocycles. The van der Waals surface area contributed by atoms with Gasteiger partial charge in [-0.15, -0.1) is 0 Å². The molecule has 1 saturated heterocycles. The second-order valence-corrected chi connectivity index (χ2v) is 3.95. The van der Waals surface area contributed by atoms with Crippen molar-refractivity contribution >= 4 is 11.8 Å². The van der Waals surface area contributed by atoms with E-state index in [-0.39, 0.29) is 5.56 Å². The number of nitrogen functional groups attached to an aromatic ring is 1. The topological polar surface area (TPSA) is 35.2 Å². The third kappa shape index (κ3) is 2.79. The zero-order valence-corrected chi connectivity index (χ0v) is 9.05. The Bertz CT molecular complexity index is 444. The van der Waals surface area contributed by atoms with Crippen LogP contribution in [0.5, 0.6) is 0 Å². The van der Waals surface area contributed by atoms with Crippen molar-refractivity contribution in [2.45, 2.75) is 12.6 Å². The van der Waals surface area contributed by atoms with E-state index in [1.807, 2.05) is 0 Å². The number of benzene rings is 1. The van der Waals surface area contributed by atoms with Crippen LogP contribution in [0.2, 0.25) is 0 Å². The van der Waals surface area contributed by atoms with E-state index in [0.29, 0.717) is 25.3 Å². The van der Waals surface area contributed by atoms with E-state index in [1.54, 1.807) is 0 Å². The first-order valence-corrected chi connectivity index (χ1v) is 5.21. The van der Waals surface area contributed by atoms with Crippen molar-refractivity contribution in [3.8, 4) is 0 Å². The van der Waals surface area contributed by atoms with Crippen LogP contribution in [0.1, 0.15) is 17.5 Å². The molecular weight excluding hydrogens is 231 g/mol. The van der Waals surface area contributed by atoms with E-state index >= 15 is 0 Å². The summed E-state index contributed by atoms with van der Waals surface area (Å²) < 4.78 is 43.4. The Labute approximate surface area is 96.9 Å². The van der Waals surface area contributed by atoms with Crippen LogP contribution in [0.25, 0.3) is 6.08 Å². The summed E-state index contributed by atoms with van der Waals surface area (Å²) in [7, 11) is 0. The zero-order valence-electron chi connectivity index (χ0n) is 9.05. The van der Waals surface area contributed by atoms with Crippen LogP contribution in [0.15, 0.2) is 23.8 Å². The summed E-state index contributed by atoms with van der Waals surface area (Å²) in [6, 6.07) is 3.61. The standard InChI is InChI=1S/C12H12F3NO/c13-12(14,15)11-2-1-10(16)6-9(11)5-8-3-4-17-7-8/h1-2,5-6H,3-4,7,16H2/b8-5+. The third-order valence-electron chi connectivity index (χ3n) is 2.60. The Hall–Kier alpha value is -1.49. The van der Waals surface area contributed by atoms with Crippen molar-refractivity contribution in [1.82, 2.24) is 0 Å². The van der Waals surface area contributed by atoms with Crippen molar-refractivity contribution < 1.29 is 17.9 Å². The molecule has 1 heterocycles. The van der Waals surface area contributed by atoms with Gasteiger partial charge in [0.15, 0.2) is 0 Å². The van der Waals surface area contributed by atoms with Crippen LogP contribution < -0.4 is 5.73 Å². The van der Waals surface area contributed by atoms with Gasteiger partial charge in [-0.3, -0.25) is 0 Å². The Balaban J connectivity index is 2.43. The average molecular weight is 243 g/mol. The smallest absolute Gasteiger partial charge is 0.399 e. The molecule has 0 atom stereocenters. The molecule has 0 spiro atoms. The predicted molar refractivity (Wildman–Crippen MR) is 59.3 cm³/mol. The summed E-state index contributed by atoms with van der Waals surface area (Å²) >= 11 is 0. The molecule has 2 nitrogen and oxygen atoms in total. The Morgan fingerprint density at radius 2 is 2.06 bits per heavy atom. The lowest BCUT2D eigenvalue weighted by atomic mass is 10.0. The minimum absolute atomic E-state index is 0.109. The van der Waals surface area contributed by atoms with E-state index in [1.165, 1.54) is 18.2 Å². The molecule has 1 aromatic rings. The Kier molecular flexibility index (Phi) is 3.11. The van der Waals surface area contributed by atoms with Gasteiger partial charge < -0.3 is 10.5 Å². The SMILES string of the molecule is Nc1ccc(C(F)(F)F)c(/C=C2\CCOC2)c1. The minimum atomic E-state index is -4.36. The fourth-order valence-corrected chi connectivity index (χ4v) is 1.77. The number of hydrogen-bond donors (Lipinski definition) is 1. The molecule has 0 amide bonds. The van der Waals surface area contributed by atoms with Gasteiger partial charge in [0.25, 0.3) is 0 Å². The van der Waals surface area contributed by atoms with Crippen LogP contribution in [0, 0.1) is 0 Å². The van der Waals surface area contributed by atoms with Gasteiger partial charge in [-0.1, -0.05) is 6.08 Å². The molecule has 1 aliphatic heterocycles. The Morgan fingerprint density at radius 1 is 1.29 bits per heavy atom. The van der Waals surface area contributed by atoms with E-state index in [2.05, 4.69) is 0 Å². The fraction of sp³-hybridized carbons (Fsp3) is 0.333. The minimum Gasteiger partial charge on any atom is -0.399 e. The molecule has 0 unspecified atom stereocenters. The number of hydrogen-bond acceptors (Lipinski definition) is 2. The average Bonchev–Trinajstić information content (AvgIpc) is 2.68. The first-order valence-electron chi connectivity index (χ1n) is 5.21. The van der Waals surface area contributed by atoms with E-state index in [4.69, 9.17) is 10.5 Å². The maximum absolute atomic E-state index is 12.8. The van der Waals surface area contributed by atoms with Crippen molar-refractivity contribution in [3.05, 3.63) is 34.9 Å². The van der Waals surface area contributed by atoms with E-state index in [0.717, 1.165) is 11.6 Å². The Morgan fingerprint density at radius 3 is 2.65 bits per heavy atom. The lowest BCUT2D eigenvalue weighted by molar-refractivity contribution is -0.137. The summed E-state index contributed by atoms with van der Waals surface area (Å²) in [5.74, 6) is 0. The molecule has 0 aliphatic carbocycles. The van der Waals surface area contributed by atoms with Crippen molar-refractivity contribution in [1.29, 1.82) is 0 Å². The van der Waals surface area contributed by atoms with E-state index in [9.17, 15) is 13.2 Å². The second-order valence-electron chi connectivity index (χ2n) is 3.95. The van der Waals surface area contributed by atoms with Gasteiger partial charge in [-0.25, -0.2) is 0 Å². The van der Waals surface area contributed by atoms with Crippen LogP contribution in [0.4, 0.5) is 18.9 Å². The number of alkyl halides is 3. The first kappa shape index (κ1) is 12.0. The van der Waals surface area contributed by atoms with Crippen LogP contribution >= 0.6 is 0 Å². The summed E-state index contributed by atoms with van der Waals surface area (Å²) in [5.41, 5.74) is 6.15. The normalized spacial score (nSPS) is 18.9. The van der Waals surface area contributed by atoms with Gasteiger partial charge in [-0.2, -0.15) is 13.2 Å². The molecule has 0 saturated carbocycles. The largest absolute Gasteiger partial charge is 0.416 e. The highest BCUT2D eigenvalue weighted by molar-refractivity contribution is 5.62. The highest BCUT2D eigenvalue weighted by Gasteiger charge is 2.32. The molecule has 2 N–H and O–H groups in total. The van der Waals surface area contributed by atoms with Gasteiger partial charge in [-0.05, 0) is 35.8 Å². The molecule has 5 heteroatoms. The number of anilines is 1. The molecule has 92 valence electrons. The monoisotopic (exact) mass is 243 g/mol. The summed E-state index contributed by atoms with van der Waals surface area (Å²) in [5, 5.41) is 0. The molecule has 0 aromatic heterocycles. The molecule has 0 radical (unpaired) electrons. The molecular formula is C12H12F3NO. The molecule has 17 heavy (non-hydrogen) atoms. The van der Waals surface area contributed by atoms with Crippen LogP contribution in [-0.2, 0) is 10.9 Å². The number of halogens is 3. The maximum Gasteiger partial charge on any atom is 0.416 e. The van der Waals surface area contributed by atoms with Crippen LogP contribution in [-0.4, -0.2) is 13.2 Å². The van der Waals surface area contributed by atoms with Gasteiger partial charge >= 0.3 is 6.18 Å². The molecule has 0 bridgehead atoms. The van der Waals surface area contributed by atoms with Gasteiger partial charge in [0.1, 0.15) is 0 Å². The summed E-state index contributed by atoms with van der Waals surface area (Å²) in [6.07, 6.45) is -2.17.